The third-order valence-electron chi connectivity index (χ3n) is 7.85. The van der Waals surface area contributed by atoms with Crippen LogP contribution in [0.3, 0.4) is 0 Å². The first-order chi connectivity index (χ1) is 18.5. The first-order valence-corrected chi connectivity index (χ1v) is 14.5. The number of piperazine rings is 1. The molecule has 4 rings (SSSR count). The van der Waals surface area contributed by atoms with Gasteiger partial charge in [-0.15, -0.1) is 0 Å². The van der Waals surface area contributed by atoms with Crippen LogP contribution >= 0.6 is 0 Å². The Morgan fingerprint density at radius 1 is 1.18 bits per heavy atom. The average Bonchev–Trinajstić information content (AvgIpc) is 2.89. The van der Waals surface area contributed by atoms with Crippen LogP contribution in [-0.4, -0.2) is 66.4 Å². The standard InChI is InChI=1S/C32H47N3O4/c1-24-18-28(13-12-27(24)21-35-17-16-33-25(2)20-35)34(5)30(36)32(14-7-6-8-15-32)39-29-11-9-10-26(19-29)22-38-23-31(3,4)37/h9-13,18-19,25,33,37H,6-8,14-17,20-23H2,1-5H3/t25-/m0/s1. The molecule has 2 aliphatic rings. The predicted molar refractivity (Wildman–Crippen MR) is 156 cm³/mol. The maximum atomic E-state index is 14.1. The second-order valence-electron chi connectivity index (χ2n) is 12.2. The van der Waals surface area contributed by atoms with Gasteiger partial charge in [0, 0.05) is 45.0 Å². The number of carbonyl (C=O) groups excluding carboxylic acids is 1. The van der Waals surface area contributed by atoms with Crippen LogP contribution in [0.15, 0.2) is 42.5 Å². The molecular weight excluding hydrogens is 490 g/mol. The van der Waals surface area contributed by atoms with Crippen molar-refractivity contribution >= 4 is 11.6 Å². The van der Waals surface area contributed by atoms with E-state index in [2.05, 4.69) is 42.3 Å². The van der Waals surface area contributed by atoms with Crippen LogP contribution < -0.4 is 15.0 Å². The molecule has 2 fully saturated rings. The second-order valence-corrected chi connectivity index (χ2v) is 12.2. The zero-order chi connectivity index (χ0) is 28.0. The van der Waals surface area contributed by atoms with Crippen LogP contribution in [-0.2, 0) is 22.7 Å². The molecule has 214 valence electrons. The molecule has 1 saturated carbocycles. The lowest BCUT2D eigenvalue weighted by atomic mass is 9.83. The Hall–Kier alpha value is -2.45. The predicted octanol–water partition coefficient (Wildman–Crippen LogP) is 4.82. The van der Waals surface area contributed by atoms with E-state index in [1.165, 1.54) is 11.1 Å². The average molecular weight is 538 g/mol. The number of carbonyl (C=O) groups is 1. The van der Waals surface area contributed by atoms with Gasteiger partial charge >= 0.3 is 0 Å². The summed E-state index contributed by atoms with van der Waals surface area (Å²) in [5.74, 6) is 0.689. The minimum Gasteiger partial charge on any atom is -0.477 e. The van der Waals surface area contributed by atoms with Crippen molar-refractivity contribution < 1.29 is 19.4 Å². The van der Waals surface area contributed by atoms with Gasteiger partial charge < -0.3 is 24.8 Å². The molecule has 1 aliphatic carbocycles. The number of hydrogen-bond donors (Lipinski definition) is 2. The van der Waals surface area contributed by atoms with Crippen molar-refractivity contribution in [1.29, 1.82) is 0 Å². The van der Waals surface area contributed by atoms with E-state index in [1.807, 2.05) is 31.3 Å². The zero-order valence-corrected chi connectivity index (χ0v) is 24.5. The third-order valence-corrected chi connectivity index (χ3v) is 7.85. The highest BCUT2D eigenvalue weighted by Crippen LogP contribution is 2.36. The van der Waals surface area contributed by atoms with Crippen molar-refractivity contribution in [2.45, 2.75) is 90.2 Å². The molecule has 39 heavy (non-hydrogen) atoms. The molecule has 0 radical (unpaired) electrons. The van der Waals surface area contributed by atoms with E-state index in [0.717, 1.165) is 56.7 Å². The van der Waals surface area contributed by atoms with Gasteiger partial charge in [0.05, 0.1) is 18.8 Å². The molecule has 1 aliphatic heterocycles. The number of benzene rings is 2. The van der Waals surface area contributed by atoms with Crippen molar-refractivity contribution in [3.8, 4) is 5.75 Å². The fourth-order valence-electron chi connectivity index (χ4n) is 5.71. The summed E-state index contributed by atoms with van der Waals surface area (Å²) < 4.78 is 12.3. The van der Waals surface area contributed by atoms with Gasteiger partial charge in [0.1, 0.15) is 5.75 Å². The van der Waals surface area contributed by atoms with E-state index < -0.39 is 11.2 Å². The van der Waals surface area contributed by atoms with Crippen molar-refractivity contribution in [3.63, 3.8) is 0 Å². The van der Waals surface area contributed by atoms with Gasteiger partial charge in [-0.25, -0.2) is 0 Å². The normalized spacial score (nSPS) is 20.0. The van der Waals surface area contributed by atoms with Crippen molar-refractivity contribution in [1.82, 2.24) is 10.2 Å². The number of aliphatic hydroxyl groups is 1. The summed E-state index contributed by atoms with van der Waals surface area (Å²) in [6.07, 6.45) is 4.46. The smallest absolute Gasteiger partial charge is 0.270 e. The van der Waals surface area contributed by atoms with Crippen molar-refractivity contribution in [2.24, 2.45) is 0 Å². The lowest BCUT2D eigenvalue weighted by Crippen LogP contribution is -2.53. The minimum atomic E-state index is -0.886. The van der Waals surface area contributed by atoms with E-state index in [1.54, 1.807) is 18.7 Å². The Bertz CT molecular complexity index is 1110. The minimum absolute atomic E-state index is 0.00830. The lowest BCUT2D eigenvalue weighted by molar-refractivity contribution is -0.136. The largest absolute Gasteiger partial charge is 0.477 e. The van der Waals surface area contributed by atoms with E-state index in [4.69, 9.17) is 9.47 Å². The highest BCUT2D eigenvalue weighted by molar-refractivity contribution is 5.99. The monoisotopic (exact) mass is 537 g/mol. The van der Waals surface area contributed by atoms with Gasteiger partial charge in [0.15, 0.2) is 5.60 Å². The molecular formula is C32H47N3O4. The van der Waals surface area contributed by atoms with Crippen molar-refractivity contribution in [2.75, 3.05) is 38.2 Å². The van der Waals surface area contributed by atoms with Gasteiger partial charge in [-0.3, -0.25) is 9.69 Å². The number of anilines is 1. The molecule has 0 bridgehead atoms. The highest BCUT2D eigenvalue weighted by atomic mass is 16.5. The van der Waals surface area contributed by atoms with Gasteiger partial charge in [0.25, 0.3) is 5.91 Å². The Balaban J connectivity index is 1.47. The fraction of sp³-hybridized carbons (Fsp3) is 0.594. The molecule has 7 heteroatoms. The van der Waals surface area contributed by atoms with Gasteiger partial charge in [-0.2, -0.15) is 0 Å². The quantitative estimate of drug-likeness (QED) is 0.453. The number of amides is 1. The number of likely N-dealkylation sites (N-methyl/N-ethyl adjacent to an activating group) is 1. The topological polar surface area (TPSA) is 74.3 Å². The van der Waals surface area contributed by atoms with Crippen LogP contribution in [0.5, 0.6) is 5.75 Å². The van der Waals surface area contributed by atoms with Gasteiger partial charge in [0.2, 0.25) is 0 Å². The van der Waals surface area contributed by atoms with Gasteiger partial charge in [-0.05, 0) is 94.3 Å². The van der Waals surface area contributed by atoms with Gasteiger partial charge in [-0.1, -0.05) is 24.6 Å². The lowest BCUT2D eigenvalue weighted by Gasteiger charge is -2.39. The first kappa shape index (κ1) is 29.5. The number of hydrogen-bond acceptors (Lipinski definition) is 6. The number of nitrogens with one attached hydrogen (secondary N) is 1. The van der Waals surface area contributed by atoms with Crippen molar-refractivity contribution in [3.05, 3.63) is 59.2 Å². The number of rotatable bonds is 10. The molecule has 1 saturated heterocycles. The van der Waals surface area contributed by atoms with Crippen LogP contribution in [0, 0.1) is 6.92 Å². The molecule has 1 heterocycles. The highest BCUT2D eigenvalue weighted by Gasteiger charge is 2.44. The molecule has 1 atom stereocenters. The summed E-state index contributed by atoms with van der Waals surface area (Å²) in [7, 11) is 1.87. The Labute approximate surface area is 234 Å². The molecule has 0 unspecified atom stereocenters. The van der Waals surface area contributed by atoms with E-state index in [-0.39, 0.29) is 12.5 Å². The fourth-order valence-corrected chi connectivity index (χ4v) is 5.71. The first-order valence-electron chi connectivity index (χ1n) is 14.5. The van der Waals surface area contributed by atoms with Crippen LogP contribution in [0.2, 0.25) is 0 Å². The molecule has 2 aromatic rings. The number of aryl methyl sites for hydroxylation is 1. The summed E-state index contributed by atoms with van der Waals surface area (Å²) in [4.78, 5) is 18.4. The SMILES string of the molecule is Cc1cc(N(C)C(=O)C2(Oc3cccc(COCC(C)(C)O)c3)CCCCC2)ccc1CN1CCN[C@@H](C)C1. The van der Waals surface area contributed by atoms with Crippen LogP contribution in [0.25, 0.3) is 0 Å². The maximum Gasteiger partial charge on any atom is 0.270 e. The third kappa shape index (κ3) is 8.04. The Kier molecular flexibility index (Phi) is 9.70. The molecule has 0 spiro atoms. The summed E-state index contributed by atoms with van der Waals surface area (Å²) >= 11 is 0. The van der Waals surface area contributed by atoms with Crippen LogP contribution in [0.1, 0.15) is 69.6 Å². The zero-order valence-electron chi connectivity index (χ0n) is 24.5. The second kappa shape index (κ2) is 12.8. The molecule has 2 aromatic carbocycles. The Morgan fingerprint density at radius 3 is 2.64 bits per heavy atom. The van der Waals surface area contributed by atoms with E-state index >= 15 is 0 Å². The van der Waals surface area contributed by atoms with E-state index in [0.29, 0.717) is 31.2 Å². The number of ether oxygens (including phenoxy) is 2. The summed E-state index contributed by atoms with van der Waals surface area (Å²) in [6.45, 7) is 12.5. The Morgan fingerprint density at radius 2 is 1.95 bits per heavy atom. The summed E-state index contributed by atoms with van der Waals surface area (Å²) in [5, 5.41) is 13.4. The maximum absolute atomic E-state index is 14.1. The van der Waals surface area contributed by atoms with E-state index in [9.17, 15) is 9.90 Å². The summed E-state index contributed by atoms with van der Waals surface area (Å²) in [5.41, 5.74) is 2.60. The van der Waals surface area contributed by atoms with Crippen LogP contribution in [0.4, 0.5) is 5.69 Å². The molecule has 1 amide bonds. The molecule has 0 aromatic heterocycles. The molecule has 7 nitrogen and oxygen atoms in total. The number of nitrogens with zero attached hydrogens (tertiary/aromatic N) is 2. The molecule has 2 N–H and O–H groups in total. The summed E-state index contributed by atoms with van der Waals surface area (Å²) in [6, 6.07) is 14.7.